The van der Waals surface area contributed by atoms with Crippen molar-refractivity contribution in [2.24, 2.45) is 0 Å². The highest BCUT2D eigenvalue weighted by atomic mass is 32.2. The van der Waals surface area contributed by atoms with Crippen molar-refractivity contribution in [2.45, 2.75) is 19.3 Å². The first kappa shape index (κ1) is 23.6. The zero-order valence-electron chi connectivity index (χ0n) is 20.4. The Morgan fingerprint density at radius 3 is 2.62 bits per heavy atom. The van der Waals surface area contributed by atoms with Crippen LogP contribution in [0.5, 0.6) is 5.75 Å². The molecule has 0 aliphatic carbocycles. The van der Waals surface area contributed by atoms with Gasteiger partial charge in [0.1, 0.15) is 17.4 Å². The number of aromatic nitrogens is 2. The molecule has 6 rings (SSSR count). The number of esters is 1. The zero-order valence-corrected chi connectivity index (χ0v) is 21.2. The molecule has 190 valence electrons. The lowest BCUT2D eigenvalue weighted by atomic mass is 9.93. The van der Waals surface area contributed by atoms with Crippen LogP contribution in [-0.4, -0.2) is 65.4 Å². The fourth-order valence-corrected chi connectivity index (χ4v) is 5.88. The van der Waals surface area contributed by atoms with E-state index in [0.717, 1.165) is 34.9 Å². The minimum absolute atomic E-state index is 0.0775. The van der Waals surface area contributed by atoms with Crippen molar-refractivity contribution in [3.05, 3.63) is 65.5 Å². The zero-order chi connectivity index (χ0) is 25.5. The lowest BCUT2D eigenvalue weighted by Crippen LogP contribution is -2.43. The summed E-state index contributed by atoms with van der Waals surface area (Å²) >= 11 is 1.63. The number of carbonyl (C=O) groups is 3. The Morgan fingerprint density at radius 2 is 1.86 bits per heavy atom. The summed E-state index contributed by atoms with van der Waals surface area (Å²) in [6.45, 7) is 3.44. The van der Waals surface area contributed by atoms with Crippen molar-refractivity contribution in [1.29, 1.82) is 0 Å². The number of benzene rings is 2. The van der Waals surface area contributed by atoms with Crippen molar-refractivity contribution in [3.8, 4) is 11.4 Å². The number of hydrogen-bond donors (Lipinski definition) is 0. The van der Waals surface area contributed by atoms with Crippen LogP contribution in [0.15, 0.2) is 48.7 Å². The SMILES string of the molecule is CCOC(=O)C1CN(c2ccc(N3CCSCC3=O)cc2)C(=O)c2c1cnn2-c1ccc2c(c1)CCO2. The van der Waals surface area contributed by atoms with E-state index in [0.29, 0.717) is 35.8 Å². The van der Waals surface area contributed by atoms with Crippen LogP contribution in [0, 0.1) is 0 Å². The predicted octanol–water partition coefficient (Wildman–Crippen LogP) is 3.19. The Morgan fingerprint density at radius 1 is 1.11 bits per heavy atom. The van der Waals surface area contributed by atoms with E-state index in [9.17, 15) is 14.4 Å². The topological polar surface area (TPSA) is 94.0 Å². The smallest absolute Gasteiger partial charge is 0.315 e. The lowest BCUT2D eigenvalue weighted by molar-refractivity contribution is -0.144. The fraction of sp³-hybridized carbons (Fsp3) is 0.333. The van der Waals surface area contributed by atoms with E-state index in [1.807, 2.05) is 42.5 Å². The van der Waals surface area contributed by atoms with Gasteiger partial charge in [-0.15, -0.1) is 0 Å². The molecule has 1 fully saturated rings. The fourth-order valence-electron chi connectivity index (χ4n) is 5.09. The monoisotopic (exact) mass is 518 g/mol. The van der Waals surface area contributed by atoms with E-state index in [4.69, 9.17) is 9.47 Å². The number of thioether (sulfide) groups is 1. The van der Waals surface area contributed by atoms with Gasteiger partial charge in [-0.05, 0) is 55.0 Å². The van der Waals surface area contributed by atoms with Gasteiger partial charge in [0.05, 0.1) is 30.9 Å². The van der Waals surface area contributed by atoms with Crippen LogP contribution in [0.25, 0.3) is 5.69 Å². The van der Waals surface area contributed by atoms with E-state index < -0.39 is 11.9 Å². The van der Waals surface area contributed by atoms with E-state index in [1.165, 1.54) is 0 Å². The molecule has 3 aliphatic rings. The number of ether oxygens (including phenoxy) is 2. The maximum absolute atomic E-state index is 13.9. The first-order valence-electron chi connectivity index (χ1n) is 12.4. The summed E-state index contributed by atoms with van der Waals surface area (Å²) in [4.78, 5) is 42.6. The maximum Gasteiger partial charge on any atom is 0.315 e. The van der Waals surface area contributed by atoms with Gasteiger partial charge in [-0.25, -0.2) is 4.68 Å². The van der Waals surface area contributed by atoms with E-state index in [1.54, 1.807) is 39.4 Å². The number of rotatable bonds is 5. The third-order valence-corrected chi connectivity index (χ3v) is 7.86. The van der Waals surface area contributed by atoms with Crippen LogP contribution in [0.1, 0.15) is 34.5 Å². The van der Waals surface area contributed by atoms with Crippen LogP contribution in [-0.2, 0) is 20.7 Å². The average molecular weight is 519 g/mol. The predicted molar refractivity (Wildman–Crippen MR) is 140 cm³/mol. The number of fused-ring (bicyclic) bond motifs is 2. The summed E-state index contributed by atoms with van der Waals surface area (Å²) in [7, 11) is 0. The van der Waals surface area contributed by atoms with E-state index in [-0.39, 0.29) is 25.0 Å². The van der Waals surface area contributed by atoms with Gasteiger partial charge in [0.2, 0.25) is 5.91 Å². The van der Waals surface area contributed by atoms with Crippen molar-refractivity contribution in [3.63, 3.8) is 0 Å². The molecule has 0 N–H and O–H groups in total. The quantitative estimate of drug-likeness (QED) is 0.479. The van der Waals surface area contributed by atoms with Crippen LogP contribution in [0.2, 0.25) is 0 Å². The summed E-state index contributed by atoms with van der Waals surface area (Å²) in [6, 6.07) is 13.1. The van der Waals surface area contributed by atoms with Crippen molar-refractivity contribution in [2.75, 3.05) is 47.6 Å². The van der Waals surface area contributed by atoms with E-state index in [2.05, 4.69) is 5.10 Å². The largest absolute Gasteiger partial charge is 0.493 e. The summed E-state index contributed by atoms with van der Waals surface area (Å²) < 4.78 is 12.6. The molecule has 9 nitrogen and oxygen atoms in total. The third kappa shape index (κ3) is 4.15. The molecule has 1 saturated heterocycles. The molecule has 10 heteroatoms. The molecule has 37 heavy (non-hydrogen) atoms. The second-order valence-electron chi connectivity index (χ2n) is 9.09. The van der Waals surface area contributed by atoms with Gasteiger partial charge in [-0.2, -0.15) is 16.9 Å². The second-order valence-corrected chi connectivity index (χ2v) is 10.2. The molecular formula is C27H26N4O5S. The lowest BCUT2D eigenvalue weighted by Gasteiger charge is -2.32. The summed E-state index contributed by atoms with van der Waals surface area (Å²) in [5.41, 5.74) is 4.14. The van der Waals surface area contributed by atoms with Crippen LogP contribution in [0.3, 0.4) is 0 Å². The van der Waals surface area contributed by atoms with Gasteiger partial charge in [-0.1, -0.05) is 0 Å². The third-order valence-electron chi connectivity index (χ3n) is 6.93. The first-order chi connectivity index (χ1) is 18.0. The highest BCUT2D eigenvalue weighted by molar-refractivity contribution is 8.00. The molecule has 2 aromatic carbocycles. The molecule has 1 atom stereocenters. The van der Waals surface area contributed by atoms with Crippen molar-refractivity contribution in [1.82, 2.24) is 9.78 Å². The van der Waals surface area contributed by atoms with Gasteiger partial charge >= 0.3 is 5.97 Å². The molecule has 0 spiro atoms. The molecule has 2 amide bonds. The van der Waals surface area contributed by atoms with Crippen LogP contribution < -0.4 is 14.5 Å². The Bertz CT molecular complexity index is 1390. The molecule has 0 radical (unpaired) electrons. The highest BCUT2D eigenvalue weighted by Crippen LogP contribution is 2.36. The molecule has 0 saturated carbocycles. The first-order valence-corrected chi connectivity index (χ1v) is 13.5. The summed E-state index contributed by atoms with van der Waals surface area (Å²) in [5.74, 6) is 0.969. The Balaban J connectivity index is 1.37. The molecular weight excluding hydrogens is 492 g/mol. The molecule has 0 bridgehead atoms. The van der Waals surface area contributed by atoms with Crippen molar-refractivity contribution >= 4 is 40.9 Å². The van der Waals surface area contributed by atoms with Gasteiger partial charge in [0.15, 0.2) is 0 Å². The average Bonchev–Trinajstić information content (AvgIpc) is 3.57. The number of nitrogens with zero attached hydrogens (tertiary/aromatic N) is 4. The molecule has 1 unspecified atom stereocenters. The van der Waals surface area contributed by atoms with Gasteiger partial charge < -0.3 is 19.3 Å². The van der Waals surface area contributed by atoms with Crippen LogP contribution >= 0.6 is 11.8 Å². The number of amides is 2. The Kier molecular flexibility index (Phi) is 6.11. The maximum atomic E-state index is 13.9. The molecule has 1 aromatic heterocycles. The summed E-state index contributed by atoms with van der Waals surface area (Å²) in [5, 5.41) is 4.52. The highest BCUT2D eigenvalue weighted by Gasteiger charge is 2.40. The summed E-state index contributed by atoms with van der Waals surface area (Å²) in [6.07, 6.45) is 2.39. The standard InChI is InChI=1S/C27H26N4O5S/c1-2-35-27(34)22-15-30(19-5-3-18(4-6-19)29-10-12-37-16-24(29)32)26(33)25-21(22)14-28-31(25)20-7-8-23-17(13-20)9-11-36-23/h3-8,13-14,22H,2,9-12,15-16H2,1H3. The molecule has 3 aromatic rings. The number of anilines is 2. The van der Waals surface area contributed by atoms with Crippen molar-refractivity contribution < 1.29 is 23.9 Å². The minimum Gasteiger partial charge on any atom is -0.493 e. The Hall–Kier alpha value is -3.79. The van der Waals surface area contributed by atoms with Gasteiger partial charge in [-0.3, -0.25) is 14.4 Å². The molecule has 4 heterocycles. The van der Waals surface area contributed by atoms with E-state index >= 15 is 0 Å². The van der Waals surface area contributed by atoms with Crippen LogP contribution in [0.4, 0.5) is 11.4 Å². The Labute approximate surface area is 218 Å². The second kappa shape index (κ2) is 9.59. The number of hydrogen-bond acceptors (Lipinski definition) is 7. The minimum atomic E-state index is -0.667. The van der Waals surface area contributed by atoms with Gasteiger partial charge in [0, 0.05) is 42.2 Å². The number of carbonyl (C=O) groups excluding carboxylic acids is 3. The normalized spacial score (nSPS) is 18.9. The van der Waals surface area contributed by atoms with Gasteiger partial charge in [0.25, 0.3) is 5.91 Å². The molecule has 3 aliphatic heterocycles.